The molecule has 3 heteroatoms. The Bertz CT molecular complexity index is 234. The van der Waals surface area contributed by atoms with Crippen LogP contribution in [0.1, 0.15) is 25.7 Å². The van der Waals surface area contributed by atoms with Crippen molar-refractivity contribution >= 4 is 11.8 Å². The number of ketones is 1. The van der Waals surface area contributed by atoms with E-state index in [4.69, 9.17) is 5.11 Å². The van der Waals surface area contributed by atoms with Gasteiger partial charge in [-0.1, -0.05) is 0 Å². The fraction of sp³-hybridized carbons (Fsp3) is 0.778. The molecule has 0 saturated heterocycles. The number of hydrogen-bond donors (Lipinski definition) is 1. The van der Waals surface area contributed by atoms with Crippen LogP contribution >= 0.6 is 0 Å². The van der Waals surface area contributed by atoms with Crippen molar-refractivity contribution in [1.82, 2.24) is 0 Å². The van der Waals surface area contributed by atoms with Crippen LogP contribution in [0.5, 0.6) is 0 Å². The number of fused-ring (bicyclic) bond motifs is 3. The lowest BCUT2D eigenvalue weighted by atomic mass is 9.64. The summed E-state index contributed by atoms with van der Waals surface area (Å²) < 4.78 is 0. The van der Waals surface area contributed by atoms with Gasteiger partial charge in [0.15, 0.2) is 0 Å². The third-order valence-electron chi connectivity index (χ3n) is 3.18. The lowest BCUT2D eigenvalue weighted by Gasteiger charge is -2.38. The number of hydrogen-bond acceptors (Lipinski definition) is 2. The Morgan fingerprint density at radius 2 is 2.17 bits per heavy atom. The van der Waals surface area contributed by atoms with Crippen LogP contribution in [-0.2, 0) is 9.59 Å². The number of rotatable bonds is 1. The number of carboxylic acids is 1. The molecule has 2 bridgehead atoms. The Kier molecular flexibility index (Phi) is 1.67. The molecule has 3 aliphatic carbocycles. The number of Topliss-reactive ketones (excluding diaryl/α,β-unsaturated/α-hetero) is 1. The summed E-state index contributed by atoms with van der Waals surface area (Å²) in [6, 6.07) is 0. The van der Waals surface area contributed by atoms with E-state index in [0.29, 0.717) is 12.3 Å². The van der Waals surface area contributed by atoms with Crippen molar-refractivity contribution < 1.29 is 14.7 Å². The Morgan fingerprint density at radius 1 is 1.42 bits per heavy atom. The largest absolute Gasteiger partial charge is 0.481 e. The topological polar surface area (TPSA) is 54.4 Å². The van der Waals surface area contributed by atoms with Crippen LogP contribution in [-0.4, -0.2) is 16.9 Å². The summed E-state index contributed by atoms with van der Waals surface area (Å²) >= 11 is 0. The van der Waals surface area contributed by atoms with Crippen molar-refractivity contribution in [3.63, 3.8) is 0 Å². The van der Waals surface area contributed by atoms with Crippen LogP contribution in [0.15, 0.2) is 0 Å². The van der Waals surface area contributed by atoms with Gasteiger partial charge in [-0.3, -0.25) is 9.59 Å². The third-order valence-corrected chi connectivity index (χ3v) is 3.18. The molecule has 3 unspecified atom stereocenters. The van der Waals surface area contributed by atoms with E-state index in [1.165, 1.54) is 0 Å². The standard InChI is InChI=1S/C9H12O3/c10-8-4-5-1-2-6(8)7(3-5)9(11)12/h5-7H,1-4H2,(H,11,12). The molecule has 3 nitrogen and oxygen atoms in total. The van der Waals surface area contributed by atoms with Gasteiger partial charge in [-0.15, -0.1) is 0 Å². The molecule has 0 heterocycles. The van der Waals surface area contributed by atoms with Crippen molar-refractivity contribution in [1.29, 1.82) is 0 Å². The fourth-order valence-electron chi connectivity index (χ4n) is 2.54. The van der Waals surface area contributed by atoms with E-state index >= 15 is 0 Å². The second kappa shape index (κ2) is 2.57. The summed E-state index contributed by atoms with van der Waals surface area (Å²) in [6.45, 7) is 0. The zero-order valence-electron chi connectivity index (χ0n) is 6.82. The highest BCUT2D eigenvalue weighted by Crippen LogP contribution is 2.42. The summed E-state index contributed by atoms with van der Waals surface area (Å²) in [7, 11) is 0. The fourth-order valence-corrected chi connectivity index (χ4v) is 2.54. The molecular weight excluding hydrogens is 156 g/mol. The van der Waals surface area contributed by atoms with Crippen LogP contribution in [0.4, 0.5) is 0 Å². The van der Waals surface area contributed by atoms with E-state index in [0.717, 1.165) is 19.3 Å². The summed E-state index contributed by atoms with van der Waals surface area (Å²) in [5.41, 5.74) is 0. The van der Waals surface area contributed by atoms with E-state index in [1.807, 2.05) is 0 Å². The van der Waals surface area contributed by atoms with Crippen molar-refractivity contribution in [2.75, 3.05) is 0 Å². The molecule has 0 aliphatic heterocycles. The minimum absolute atomic E-state index is 0.160. The van der Waals surface area contributed by atoms with Gasteiger partial charge in [0, 0.05) is 12.3 Å². The lowest BCUT2D eigenvalue weighted by molar-refractivity contribution is -0.153. The first-order valence-electron chi connectivity index (χ1n) is 4.44. The molecule has 3 saturated carbocycles. The Labute approximate surface area is 70.8 Å². The predicted molar refractivity (Wildman–Crippen MR) is 41.6 cm³/mol. The average Bonchev–Trinajstić information content (AvgIpc) is 2.04. The number of carbonyl (C=O) groups excluding carboxylic acids is 1. The van der Waals surface area contributed by atoms with Gasteiger partial charge in [0.2, 0.25) is 0 Å². The smallest absolute Gasteiger partial charge is 0.307 e. The quantitative estimate of drug-likeness (QED) is 0.637. The van der Waals surface area contributed by atoms with Crippen molar-refractivity contribution in [2.45, 2.75) is 25.7 Å². The minimum Gasteiger partial charge on any atom is -0.481 e. The van der Waals surface area contributed by atoms with E-state index in [9.17, 15) is 9.59 Å². The molecule has 0 spiro atoms. The normalized spacial score (nSPS) is 40.0. The molecule has 12 heavy (non-hydrogen) atoms. The maximum absolute atomic E-state index is 11.3. The Balaban J connectivity index is 2.19. The zero-order chi connectivity index (χ0) is 8.72. The van der Waals surface area contributed by atoms with Gasteiger partial charge >= 0.3 is 5.97 Å². The average molecular weight is 168 g/mol. The zero-order valence-corrected chi connectivity index (χ0v) is 6.82. The number of carbonyl (C=O) groups is 2. The van der Waals surface area contributed by atoms with Crippen molar-refractivity contribution in [3.05, 3.63) is 0 Å². The molecule has 0 aromatic rings. The maximum atomic E-state index is 11.3. The highest BCUT2D eigenvalue weighted by Gasteiger charge is 2.44. The molecule has 66 valence electrons. The highest BCUT2D eigenvalue weighted by molar-refractivity contribution is 5.88. The van der Waals surface area contributed by atoms with Gasteiger partial charge in [0.1, 0.15) is 5.78 Å². The van der Waals surface area contributed by atoms with E-state index in [1.54, 1.807) is 0 Å². The van der Waals surface area contributed by atoms with Gasteiger partial charge in [-0.05, 0) is 25.2 Å². The third kappa shape index (κ3) is 1.04. The van der Waals surface area contributed by atoms with Gasteiger partial charge in [-0.25, -0.2) is 0 Å². The van der Waals surface area contributed by atoms with E-state index in [2.05, 4.69) is 0 Å². The Morgan fingerprint density at radius 3 is 2.58 bits per heavy atom. The molecular formula is C9H12O3. The van der Waals surface area contributed by atoms with E-state index in [-0.39, 0.29) is 17.6 Å². The van der Waals surface area contributed by atoms with E-state index < -0.39 is 5.97 Å². The predicted octanol–water partition coefficient (Wildman–Crippen LogP) is 1.08. The summed E-state index contributed by atoms with van der Waals surface area (Å²) in [5, 5.41) is 8.83. The molecule has 0 amide bonds. The van der Waals surface area contributed by atoms with Crippen LogP contribution in [0.3, 0.4) is 0 Å². The second-order valence-corrected chi connectivity index (χ2v) is 3.90. The summed E-state index contributed by atoms with van der Waals surface area (Å²) in [4.78, 5) is 22.0. The first-order valence-corrected chi connectivity index (χ1v) is 4.44. The van der Waals surface area contributed by atoms with Gasteiger partial charge < -0.3 is 5.11 Å². The van der Waals surface area contributed by atoms with Crippen LogP contribution in [0.2, 0.25) is 0 Å². The molecule has 3 atom stereocenters. The second-order valence-electron chi connectivity index (χ2n) is 3.90. The van der Waals surface area contributed by atoms with Gasteiger partial charge in [-0.2, -0.15) is 0 Å². The minimum atomic E-state index is -0.780. The van der Waals surface area contributed by atoms with Gasteiger partial charge in [0.05, 0.1) is 5.92 Å². The SMILES string of the molecule is O=C(O)C1CC2CCC1C(=O)C2. The van der Waals surface area contributed by atoms with Crippen LogP contribution in [0.25, 0.3) is 0 Å². The first-order chi connectivity index (χ1) is 5.68. The van der Waals surface area contributed by atoms with Crippen molar-refractivity contribution in [3.8, 4) is 0 Å². The van der Waals surface area contributed by atoms with Crippen LogP contribution in [0, 0.1) is 17.8 Å². The van der Waals surface area contributed by atoms with Gasteiger partial charge in [0.25, 0.3) is 0 Å². The summed E-state index contributed by atoms with van der Waals surface area (Å²) in [6.07, 6.45) is 3.22. The molecule has 3 rings (SSSR count). The first kappa shape index (κ1) is 7.77. The van der Waals surface area contributed by atoms with Crippen LogP contribution < -0.4 is 0 Å². The summed E-state index contributed by atoms with van der Waals surface area (Å²) in [5.74, 6) is -0.760. The van der Waals surface area contributed by atoms with Crippen molar-refractivity contribution in [2.24, 2.45) is 17.8 Å². The Hall–Kier alpha value is -0.860. The molecule has 1 N–H and O–H groups in total. The number of carboxylic acid groups (broad SMARTS) is 1. The highest BCUT2D eigenvalue weighted by atomic mass is 16.4. The molecule has 0 radical (unpaired) electrons. The monoisotopic (exact) mass is 168 g/mol. The number of aliphatic carboxylic acids is 1. The molecule has 0 aromatic heterocycles. The lowest BCUT2D eigenvalue weighted by Crippen LogP contribution is -2.42. The molecule has 3 aliphatic rings. The molecule has 3 fully saturated rings. The maximum Gasteiger partial charge on any atom is 0.307 e. The molecule has 0 aromatic carbocycles.